The highest BCUT2D eigenvalue weighted by atomic mass is 32.2. The number of nitrogens with zero attached hydrogens (tertiary/aromatic N) is 2. The zero-order valence-corrected chi connectivity index (χ0v) is 16.5. The quantitative estimate of drug-likeness (QED) is 0.855. The fourth-order valence-electron chi connectivity index (χ4n) is 3.20. The van der Waals surface area contributed by atoms with Crippen molar-refractivity contribution in [2.75, 3.05) is 37.4 Å². The monoisotopic (exact) mass is 387 g/mol. The molecule has 7 heteroatoms. The molecular weight excluding hydrogens is 362 g/mol. The summed E-state index contributed by atoms with van der Waals surface area (Å²) in [5, 5.41) is 2.87. The van der Waals surface area contributed by atoms with Gasteiger partial charge in [-0.1, -0.05) is 18.2 Å². The van der Waals surface area contributed by atoms with Crippen molar-refractivity contribution in [2.45, 2.75) is 24.2 Å². The number of piperidine rings is 1. The van der Waals surface area contributed by atoms with Crippen molar-refractivity contribution in [1.82, 2.24) is 4.31 Å². The SMILES string of the molecule is CN(C)S(=O)(=O)c1ccc(N2CCCCC2)c(C(=O)Nc2ccccc2)c1. The third-order valence-electron chi connectivity index (χ3n) is 4.72. The number of sulfonamides is 1. The maximum Gasteiger partial charge on any atom is 0.257 e. The number of nitrogens with one attached hydrogen (secondary N) is 1. The van der Waals surface area contributed by atoms with E-state index in [1.807, 2.05) is 18.2 Å². The molecule has 3 rings (SSSR count). The number of hydrogen-bond acceptors (Lipinski definition) is 4. The van der Waals surface area contributed by atoms with Crippen LogP contribution in [0, 0.1) is 0 Å². The van der Waals surface area contributed by atoms with Gasteiger partial charge in [-0.25, -0.2) is 12.7 Å². The van der Waals surface area contributed by atoms with Gasteiger partial charge in [0.25, 0.3) is 5.91 Å². The molecule has 2 aromatic rings. The van der Waals surface area contributed by atoms with Gasteiger partial charge in [0.1, 0.15) is 0 Å². The minimum absolute atomic E-state index is 0.117. The van der Waals surface area contributed by atoms with Crippen LogP contribution in [0.3, 0.4) is 0 Å². The maximum absolute atomic E-state index is 13.0. The third kappa shape index (κ3) is 4.31. The molecular formula is C20H25N3O3S. The molecule has 0 radical (unpaired) electrons. The Bertz CT molecular complexity index is 905. The van der Waals surface area contributed by atoms with Crippen molar-refractivity contribution in [3.8, 4) is 0 Å². The van der Waals surface area contributed by atoms with E-state index >= 15 is 0 Å². The van der Waals surface area contributed by atoms with Crippen molar-refractivity contribution >= 4 is 27.3 Å². The minimum atomic E-state index is -3.62. The van der Waals surface area contributed by atoms with Crippen molar-refractivity contribution in [3.05, 3.63) is 54.1 Å². The lowest BCUT2D eigenvalue weighted by Gasteiger charge is -2.30. The second kappa shape index (κ2) is 8.10. The number of carbonyl (C=O) groups excluding carboxylic acids is 1. The highest BCUT2D eigenvalue weighted by Gasteiger charge is 2.24. The summed E-state index contributed by atoms with van der Waals surface area (Å²) in [6.45, 7) is 1.73. The summed E-state index contributed by atoms with van der Waals surface area (Å²) in [6, 6.07) is 14.0. The lowest BCUT2D eigenvalue weighted by molar-refractivity contribution is 0.102. The Morgan fingerprint density at radius 2 is 1.67 bits per heavy atom. The highest BCUT2D eigenvalue weighted by molar-refractivity contribution is 7.89. The molecule has 1 aliphatic rings. The normalized spacial score (nSPS) is 15.0. The Kier molecular flexibility index (Phi) is 5.82. The average molecular weight is 388 g/mol. The van der Waals surface area contributed by atoms with Crippen molar-refractivity contribution in [1.29, 1.82) is 0 Å². The number of carbonyl (C=O) groups is 1. The standard InChI is InChI=1S/C20H25N3O3S/c1-22(2)27(25,26)17-11-12-19(23-13-7-4-8-14-23)18(15-17)20(24)21-16-9-5-3-6-10-16/h3,5-6,9-12,15H,4,7-8,13-14H2,1-2H3,(H,21,24). The van der Waals surface area contributed by atoms with Gasteiger partial charge in [0.15, 0.2) is 0 Å². The van der Waals surface area contributed by atoms with Gasteiger partial charge in [0.05, 0.1) is 10.5 Å². The lowest BCUT2D eigenvalue weighted by atomic mass is 10.1. The molecule has 0 unspecified atom stereocenters. The van der Waals surface area contributed by atoms with Gasteiger partial charge in [-0.05, 0) is 49.6 Å². The van der Waals surface area contributed by atoms with Crippen LogP contribution in [-0.4, -0.2) is 45.8 Å². The smallest absolute Gasteiger partial charge is 0.257 e. The Balaban J connectivity index is 2.02. The van der Waals surface area contributed by atoms with Crippen LogP contribution in [0.2, 0.25) is 0 Å². The summed E-state index contributed by atoms with van der Waals surface area (Å²) < 4.78 is 26.2. The van der Waals surface area contributed by atoms with Crippen molar-refractivity contribution in [3.63, 3.8) is 0 Å². The van der Waals surface area contributed by atoms with Gasteiger partial charge < -0.3 is 10.2 Å². The molecule has 0 saturated carbocycles. The maximum atomic E-state index is 13.0. The molecule has 2 aromatic carbocycles. The molecule has 1 aliphatic heterocycles. The Hall–Kier alpha value is -2.38. The molecule has 0 atom stereocenters. The second-order valence-corrected chi connectivity index (χ2v) is 8.99. The summed E-state index contributed by atoms with van der Waals surface area (Å²) in [5.41, 5.74) is 1.83. The van der Waals surface area contributed by atoms with E-state index in [4.69, 9.17) is 0 Å². The summed E-state index contributed by atoms with van der Waals surface area (Å²) >= 11 is 0. The Labute approximate surface area is 160 Å². The van der Waals surface area contributed by atoms with E-state index in [9.17, 15) is 13.2 Å². The van der Waals surface area contributed by atoms with E-state index in [-0.39, 0.29) is 10.8 Å². The van der Waals surface area contributed by atoms with Crippen LogP contribution in [0.25, 0.3) is 0 Å². The molecule has 1 heterocycles. The number of amides is 1. The zero-order chi connectivity index (χ0) is 19.4. The van der Waals surface area contributed by atoms with Crippen LogP contribution in [0.1, 0.15) is 29.6 Å². The Morgan fingerprint density at radius 3 is 2.30 bits per heavy atom. The predicted octanol–water partition coefficient (Wildman–Crippen LogP) is 3.18. The van der Waals surface area contributed by atoms with Gasteiger partial charge in [0.2, 0.25) is 10.0 Å². The predicted molar refractivity (Wildman–Crippen MR) is 108 cm³/mol. The van der Waals surface area contributed by atoms with Crippen LogP contribution >= 0.6 is 0 Å². The van der Waals surface area contributed by atoms with Crippen LogP contribution in [0.15, 0.2) is 53.4 Å². The number of rotatable bonds is 5. The molecule has 1 saturated heterocycles. The molecule has 0 aromatic heterocycles. The van der Waals surface area contributed by atoms with E-state index < -0.39 is 10.0 Å². The molecule has 0 bridgehead atoms. The first-order valence-corrected chi connectivity index (χ1v) is 10.5. The number of para-hydroxylation sites is 1. The van der Waals surface area contributed by atoms with E-state index in [1.165, 1.54) is 26.6 Å². The molecule has 1 N–H and O–H groups in total. The van der Waals surface area contributed by atoms with Gasteiger partial charge >= 0.3 is 0 Å². The molecule has 1 fully saturated rings. The van der Waals surface area contributed by atoms with Crippen LogP contribution in [0.4, 0.5) is 11.4 Å². The third-order valence-corrected chi connectivity index (χ3v) is 6.53. The first-order valence-electron chi connectivity index (χ1n) is 9.07. The van der Waals surface area contributed by atoms with Crippen LogP contribution < -0.4 is 10.2 Å². The van der Waals surface area contributed by atoms with E-state index in [2.05, 4.69) is 10.2 Å². The topological polar surface area (TPSA) is 69.7 Å². The van der Waals surface area contributed by atoms with Crippen molar-refractivity contribution in [2.24, 2.45) is 0 Å². The number of benzene rings is 2. The molecule has 0 aliphatic carbocycles. The van der Waals surface area contributed by atoms with Crippen LogP contribution in [-0.2, 0) is 10.0 Å². The van der Waals surface area contributed by atoms with E-state index in [1.54, 1.807) is 24.3 Å². The largest absolute Gasteiger partial charge is 0.371 e. The minimum Gasteiger partial charge on any atom is -0.371 e. The zero-order valence-electron chi connectivity index (χ0n) is 15.7. The van der Waals surface area contributed by atoms with E-state index in [0.29, 0.717) is 11.3 Å². The number of anilines is 2. The second-order valence-electron chi connectivity index (χ2n) is 6.83. The lowest BCUT2D eigenvalue weighted by Crippen LogP contribution is -2.32. The molecule has 144 valence electrons. The number of hydrogen-bond donors (Lipinski definition) is 1. The van der Waals surface area contributed by atoms with Gasteiger partial charge in [-0.15, -0.1) is 0 Å². The average Bonchev–Trinajstić information content (AvgIpc) is 2.68. The molecule has 1 amide bonds. The molecule has 6 nitrogen and oxygen atoms in total. The van der Waals surface area contributed by atoms with Crippen molar-refractivity contribution < 1.29 is 13.2 Å². The summed E-state index contributed by atoms with van der Waals surface area (Å²) in [6.07, 6.45) is 3.31. The van der Waals surface area contributed by atoms with Gasteiger partial charge in [0, 0.05) is 38.6 Å². The fraction of sp³-hybridized carbons (Fsp3) is 0.350. The molecule has 0 spiro atoms. The summed E-state index contributed by atoms with van der Waals surface area (Å²) in [4.78, 5) is 15.3. The fourth-order valence-corrected chi connectivity index (χ4v) is 4.13. The van der Waals surface area contributed by atoms with Crippen LogP contribution in [0.5, 0.6) is 0 Å². The summed E-state index contributed by atoms with van der Waals surface area (Å²) in [7, 11) is -0.651. The highest BCUT2D eigenvalue weighted by Crippen LogP contribution is 2.28. The summed E-state index contributed by atoms with van der Waals surface area (Å²) in [5.74, 6) is -0.308. The Morgan fingerprint density at radius 1 is 1.00 bits per heavy atom. The van der Waals surface area contributed by atoms with Gasteiger partial charge in [-0.2, -0.15) is 0 Å². The van der Waals surface area contributed by atoms with E-state index in [0.717, 1.165) is 35.9 Å². The molecule has 27 heavy (non-hydrogen) atoms. The first kappa shape index (κ1) is 19.4. The first-order chi connectivity index (χ1) is 12.9. The van der Waals surface area contributed by atoms with Gasteiger partial charge in [-0.3, -0.25) is 4.79 Å².